The molecule has 37 heavy (non-hydrogen) atoms. The van der Waals surface area contributed by atoms with Gasteiger partial charge in [0, 0.05) is 0 Å². The predicted octanol–water partition coefficient (Wildman–Crippen LogP) is 4.85. The molecule has 0 atom stereocenters. The molecule has 0 aliphatic rings. The number of carbonyl (C=O) groups is 1. The molecule has 0 aliphatic carbocycles. The van der Waals surface area contributed by atoms with E-state index in [1.54, 1.807) is 79.7 Å². The molecule has 0 saturated carbocycles. The fourth-order valence-corrected chi connectivity index (χ4v) is 3.62. The Morgan fingerprint density at radius 1 is 1.08 bits per heavy atom. The van der Waals surface area contributed by atoms with Crippen LogP contribution in [-0.2, 0) is 10.4 Å². The van der Waals surface area contributed by atoms with E-state index < -0.39 is 17.3 Å². The van der Waals surface area contributed by atoms with Crippen molar-refractivity contribution in [1.29, 1.82) is 0 Å². The van der Waals surface area contributed by atoms with Crippen molar-refractivity contribution in [1.82, 2.24) is 15.4 Å². The number of nitrogens with zero attached hydrogens (tertiary/aromatic N) is 3. The molecule has 2 N–H and O–H groups in total. The van der Waals surface area contributed by atoms with Gasteiger partial charge in [-0.25, -0.2) is 10.4 Å². The van der Waals surface area contributed by atoms with Gasteiger partial charge >= 0.3 is 0 Å². The third-order valence-corrected chi connectivity index (χ3v) is 5.43. The van der Waals surface area contributed by atoms with Crippen LogP contribution in [0.25, 0.3) is 0 Å². The van der Waals surface area contributed by atoms with Gasteiger partial charge in [0.05, 0.1) is 19.0 Å². The van der Waals surface area contributed by atoms with Crippen LogP contribution in [0.3, 0.4) is 0 Å². The number of ether oxygens (including phenoxy) is 2. The fourth-order valence-electron chi connectivity index (χ4n) is 3.50. The van der Waals surface area contributed by atoms with Gasteiger partial charge in [-0.1, -0.05) is 60.7 Å². The summed E-state index contributed by atoms with van der Waals surface area (Å²) < 4.78 is 25.1. The van der Waals surface area contributed by atoms with E-state index in [0.717, 1.165) is 6.20 Å². The van der Waals surface area contributed by atoms with Crippen molar-refractivity contribution in [3.8, 4) is 17.4 Å². The van der Waals surface area contributed by atoms with Crippen LogP contribution in [0.5, 0.6) is 17.4 Å². The minimum atomic E-state index is -1.96. The number of amides is 1. The molecule has 10 heteroatoms. The molecule has 0 aliphatic heterocycles. The molecule has 1 heterocycles. The van der Waals surface area contributed by atoms with E-state index in [1.165, 1.54) is 12.3 Å². The number of aliphatic hydroxyl groups is 1. The van der Waals surface area contributed by atoms with Crippen LogP contribution >= 0.6 is 11.6 Å². The van der Waals surface area contributed by atoms with Crippen LogP contribution in [0.2, 0.25) is 5.28 Å². The van der Waals surface area contributed by atoms with Crippen molar-refractivity contribution < 1.29 is 23.8 Å². The first kappa shape index (κ1) is 25.7. The van der Waals surface area contributed by atoms with E-state index in [2.05, 4.69) is 20.5 Å². The van der Waals surface area contributed by atoms with Gasteiger partial charge in [0.15, 0.2) is 17.1 Å². The normalized spacial score (nSPS) is 11.4. The lowest BCUT2D eigenvalue weighted by Crippen LogP contribution is -2.43. The number of hydrogen-bond acceptors (Lipinski definition) is 7. The van der Waals surface area contributed by atoms with E-state index in [4.69, 9.17) is 21.1 Å². The summed E-state index contributed by atoms with van der Waals surface area (Å²) in [6.45, 7) is 2.09. The minimum Gasteiger partial charge on any atom is -0.490 e. The average Bonchev–Trinajstić information content (AvgIpc) is 2.92. The first-order valence-electron chi connectivity index (χ1n) is 11.2. The molecule has 4 aromatic rings. The van der Waals surface area contributed by atoms with Crippen molar-refractivity contribution in [2.45, 2.75) is 12.5 Å². The van der Waals surface area contributed by atoms with Gasteiger partial charge < -0.3 is 14.6 Å². The van der Waals surface area contributed by atoms with Gasteiger partial charge in [0.2, 0.25) is 11.1 Å². The molecule has 8 nitrogen and oxygen atoms in total. The second-order valence-electron chi connectivity index (χ2n) is 7.67. The van der Waals surface area contributed by atoms with Crippen molar-refractivity contribution in [2.75, 3.05) is 6.61 Å². The van der Waals surface area contributed by atoms with Gasteiger partial charge in [0.1, 0.15) is 0 Å². The highest BCUT2D eigenvalue weighted by Crippen LogP contribution is 2.33. The minimum absolute atomic E-state index is 0.167. The number of benzene rings is 3. The summed E-state index contributed by atoms with van der Waals surface area (Å²) in [5.74, 6) is -1.39. The lowest BCUT2D eigenvalue weighted by molar-refractivity contribution is -0.136. The van der Waals surface area contributed by atoms with Crippen LogP contribution in [-0.4, -0.2) is 33.8 Å². The Balaban J connectivity index is 1.55. The van der Waals surface area contributed by atoms with Crippen LogP contribution in [0, 0.1) is 5.82 Å². The zero-order valence-corrected chi connectivity index (χ0v) is 20.4. The van der Waals surface area contributed by atoms with Crippen LogP contribution in [0.4, 0.5) is 4.39 Å². The Kier molecular flexibility index (Phi) is 8.07. The molecule has 188 valence electrons. The van der Waals surface area contributed by atoms with Gasteiger partial charge in [-0.2, -0.15) is 14.5 Å². The summed E-state index contributed by atoms with van der Waals surface area (Å²) in [7, 11) is 0. The first-order chi connectivity index (χ1) is 17.9. The smallest absolute Gasteiger partial charge is 0.281 e. The third kappa shape index (κ3) is 5.91. The highest BCUT2D eigenvalue weighted by molar-refractivity contribution is 6.28. The Bertz CT molecular complexity index is 1360. The number of halogens is 2. The quantitative estimate of drug-likeness (QED) is 0.186. The fraction of sp³-hybridized carbons (Fsp3) is 0.111. The van der Waals surface area contributed by atoms with E-state index in [9.17, 15) is 14.3 Å². The molecule has 1 aromatic heterocycles. The second-order valence-corrected chi connectivity index (χ2v) is 8.01. The summed E-state index contributed by atoms with van der Waals surface area (Å²) in [5.41, 5.74) is 1.79. The van der Waals surface area contributed by atoms with E-state index in [1.807, 2.05) is 0 Å². The largest absolute Gasteiger partial charge is 0.490 e. The Morgan fingerprint density at radius 3 is 2.35 bits per heavy atom. The predicted molar refractivity (Wildman–Crippen MR) is 136 cm³/mol. The van der Waals surface area contributed by atoms with Crippen molar-refractivity contribution in [3.05, 3.63) is 113 Å². The molecular weight excluding hydrogens is 499 g/mol. The molecule has 0 fully saturated rings. The third-order valence-electron chi connectivity index (χ3n) is 5.25. The Morgan fingerprint density at radius 2 is 1.73 bits per heavy atom. The molecular formula is C27H22ClFN4O4. The molecule has 0 radical (unpaired) electrons. The topological polar surface area (TPSA) is 106 Å². The first-order valence-corrected chi connectivity index (χ1v) is 11.6. The molecule has 1 amide bonds. The monoisotopic (exact) mass is 520 g/mol. The van der Waals surface area contributed by atoms with Crippen molar-refractivity contribution in [3.63, 3.8) is 0 Å². The zero-order chi connectivity index (χ0) is 26.3. The second kappa shape index (κ2) is 11.6. The number of nitrogens with one attached hydrogen (secondary N) is 1. The standard InChI is InChI=1S/C27H22ClFN4O4/c1-2-36-23-15-18(13-14-22(23)37-24-21(29)17-30-26(28)32-24)16-31-33-25(34)27(35,19-9-5-3-6-10-19)20-11-7-4-8-12-20/h3-17,35H,2H2,1H3,(H,33,34). The summed E-state index contributed by atoms with van der Waals surface area (Å²) >= 11 is 5.73. The number of carbonyl (C=O) groups excluding carboxylic acids is 1. The lowest BCUT2D eigenvalue weighted by atomic mass is 9.85. The van der Waals surface area contributed by atoms with Gasteiger partial charge in [-0.15, -0.1) is 0 Å². The summed E-state index contributed by atoms with van der Waals surface area (Å²) in [4.78, 5) is 20.5. The zero-order valence-electron chi connectivity index (χ0n) is 19.6. The molecule has 3 aromatic carbocycles. The van der Waals surface area contributed by atoms with Gasteiger partial charge in [0.25, 0.3) is 11.8 Å². The summed E-state index contributed by atoms with van der Waals surface area (Å²) in [5, 5.41) is 15.3. The maximum absolute atomic E-state index is 14.0. The van der Waals surface area contributed by atoms with E-state index in [-0.39, 0.29) is 22.7 Å². The van der Waals surface area contributed by atoms with E-state index in [0.29, 0.717) is 23.3 Å². The van der Waals surface area contributed by atoms with Crippen LogP contribution in [0.15, 0.2) is 90.2 Å². The highest BCUT2D eigenvalue weighted by Gasteiger charge is 2.39. The lowest BCUT2D eigenvalue weighted by Gasteiger charge is -2.27. The molecule has 0 saturated heterocycles. The SMILES string of the molecule is CCOc1cc(C=NNC(=O)C(O)(c2ccccc2)c2ccccc2)ccc1Oc1nc(Cl)ncc1F. The molecule has 0 spiro atoms. The summed E-state index contributed by atoms with van der Waals surface area (Å²) in [6, 6.07) is 21.9. The molecule has 0 unspecified atom stereocenters. The van der Waals surface area contributed by atoms with Crippen molar-refractivity contribution in [2.24, 2.45) is 5.10 Å². The maximum Gasteiger partial charge on any atom is 0.281 e. The number of aromatic nitrogens is 2. The Labute approximate surface area is 217 Å². The van der Waals surface area contributed by atoms with Gasteiger partial charge in [-0.3, -0.25) is 4.79 Å². The number of rotatable bonds is 9. The highest BCUT2D eigenvalue weighted by atomic mass is 35.5. The Hall–Kier alpha value is -4.34. The van der Waals surface area contributed by atoms with Crippen LogP contribution < -0.4 is 14.9 Å². The maximum atomic E-state index is 14.0. The summed E-state index contributed by atoms with van der Waals surface area (Å²) in [6.07, 6.45) is 2.28. The van der Waals surface area contributed by atoms with E-state index >= 15 is 0 Å². The van der Waals surface area contributed by atoms with Crippen molar-refractivity contribution >= 4 is 23.7 Å². The molecule has 0 bridgehead atoms. The number of hydrazone groups is 1. The van der Waals surface area contributed by atoms with Gasteiger partial charge in [-0.05, 0) is 53.4 Å². The number of hydrogen-bond donors (Lipinski definition) is 2. The average molecular weight is 521 g/mol. The van der Waals surface area contributed by atoms with Crippen LogP contribution in [0.1, 0.15) is 23.6 Å². The molecule has 4 rings (SSSR count).